The van der Waals surface area contributed by atoms with Crippen molar-refractivity contribution in [1.29, 1.82) is 0 Å². The summed E-state index contributed by atoms with van der Waals surface area (Å²) in [7, 11) is 0. The van der Waals surface area contributed by atoms with Gasteiger partial charge in [0.1, 0.15) is 5.82 Å². The number of aryl methyl sites for hydroxylation is 1. The molecule has 0 amide bonds. The molecule has 2 aliphatic rings. The van der Waals surface area contributed by atoms with Crippen LogP contribution in [0, 0.1) is 17.7 Å². The van der Waals surface area contributed by atoms with Crippen LogP contribution < -0.4 is 5.32 Å². The van der Waals surface area contributed by atoms with E-state index in [-0.39, 0.29) is 23.7 Å². The lowest BCUT2D eigenvalue weighted by molar-refractivity contribution is -0.110. The number of fused-ring (bicyclic) bond motifs is 2. The molecule has 0 saturated heterocycles. The molecule has 2 aliphatic carbocycles. The molecule has 2 aromatic rings. The van der Waals surface area contributed by atoms with Gasteiger partial charge in [-0.15, -0.1) is 5.73 Å². The number of anilines is 1. The van der Waals surface area contributed by atoms with E-state index in [0.717, 1.165) is 67.6 Å². The van der Waals surface area contributed by atoms with E-state index in [1.807, 2.05) is 32.0 Å². The third-order valence-electron chi connectivity index (χ3n) is 11.3. The molecular weight excluding hydrogens is 714 g/mol. The first kappa shape index (κ1) is 50.3. The first-order valence-electron chi connectivity index (χ1n) is 21.1. The van der Waals surface area contributed by atoms with E-state index in [9.17, 15) is 13.2 Å². The number of benzene rings is 2. The Labute approximate surface area is 339 Å². The van der Waals surface area contributed by atoms with Gasteiger partial charge in [0.2, 0.25) is 0 Å². The number of halogens is 5. The molecule has 2 atom stereocenters. The number of unbranched alkanes of at least 4 members (excludes halogenated alkanes) is 2. The number of hydrogen-bond acceptors (Lipinski definition) is 1. The van der Waals surface area contributed by atoms with Gasteiger partial charge in [-0.25, -0.2) is 4.39 Å². The third-order valence-corrected chi connectivity index (χ3v) is 11.5. The summed E-state index contributed by atoms with van der Waals surface area (Å²) in [5.41, 5.74) is 10.4. The molecule has 6 heteroatoms. The van der Waals surface area contributed by atoms with Crippen LogP contribution in [0.4, 0.5) is 23.2 Å². The van der Waals surface area contributed by atoms with Gasteiger partial charge in [-0.3, -0.25) is 0 Å². The lowest BCUT2D eigenvalue weighted by atomic mass is 9.59. The summed E-state index contributed by atoms with van der Waals surface area (Å²) in [5.74, 6) is 1.22. The summed E-state index contributed by atoms with van der Waals surface area (Å²) in [4.78, 5) is 0. The van der Waals surface area contributed by atoms with Crippen molar-refractivity contribution in [1.82, 2.24) is 0 Å². The molecule has 1 spiro atoms. The fourth-order valence-electron chi connectivity index (χ4n) is 8.83. The second kappa shape index (κ2) is 25.5. The van der Waals surface area contributed by atoms with E-state index in [2.05, 4.69) is 96.1 Å². The van der Waals surface area contributed by atoms with Crippen molar-refractivity contribution < 1.29 is 17.6 Å². The maximum atomic E-state index is 15.3. The second-order valence-electron chi connectivity index (χ2n) is 15.7. The summed E-state index contributed by atoms with van der Waals surface area (Å²) in [6, 6.07) is 12.5. The fraction of sp³-hybridized carbons (Fsp3) is 0.612. The van der Waals surface area contributed by atoms with Gasteiger partial charge >= 0.3 is 6.18 Å². The highest BCUT2D eigenvalue weighted by molar-refractivity contribution is 6.30. The van der Waals surface area contributed by atoms with Crippen molar-refractivity contribution in [3.8, 4) is 0 Å². The minimum Gasteiger partial charge on any atom is -0.380 e. The van der Waals surface area contributed by atoms with Crippen molar-refractivity contribution in [2.45, 2.75) is 182 Å². The van der Waals surface area contributed by atoms with Crippen molar-refractivity contribution in [2.75, 3.05) is 5.32 Å². The highest BCUT2D eigenvalue weighted by Gasteiger charge is 2.51. The topological polar surface area (TPSA) is 12.0 Å². The van der Waals surface area contributed by atoms with Crippen LogP contribution in [0.2, 0.25) is 5.02 Å². The van der Waals surface area contributed by atoms with E-state index >= 15 is 4.39 Å². The molecule has 0 aliphatic heterocycles. The fourth-order valence-corrected chi connectivity index (χ4v) is 9.02. The van der Waals surface area contributed by atoms with Crippen molar-refractivity contribution in [3.63, 3.8) is 0 Å². The normalized spacial score (nSPS) is 21.2. The van der Waals surface area contributed by atoms with E-state index in [0.29, 0.717) is 11.8 Å². The Morgan fingerprint density at radius 3 is 2.18 bits per heavy atom. The van der Waals surface area contributed by atoms with Crippen molar-refractivity contribution in [3.05, 3.63) is 106 Å². The van der Waals surface area contributed by atoms with Gasteiger partial charge in [0, 0.05) is 23.2 Å². The standard InChI is InChI=1S/C42H61ClFN.C3H4.C2H3F3.C2H6/c1-7-11-12-16-32(6)33(14-8-2)20-19-31(5)26-36-27-35-29-40(44)34(15-9-3)28-39(35)42(36)24-22-41(21-10-4,23-25-42)45-38-18-13-17-37(43)30-38;1-3-2;1-2(3,4)5;1-2/h8,13-14,17-18,28-31,36,45H,7,9-12,15-16,19-27H2,1-6H3;1-2H2;1H3;1-2H3/b14-8-,33-32-;;;. The molecule has 2 aromatic carbocycles. The lowest BCUT2D eigenvalue weighted by Crippen LogP contribution is -2.48. The molecule has 0 heterocycles. The van der Waals surface area contributed by atoms with Gasteiger partial charge < -0.3 is 5.32 Å². The van der Waals surface area contributed by atoms with Gasteiger partial charge in [0.15, 0.2) is 0 Å². The zero-order valence-electron chi connectivity index (χ0n) is 35.9. The molecule has 2 unspecified atom stereocenters. The van der Waals surface area contributed by atoms with Crippen LogP contribution in [0.25, 0.3) is 0 Å². The molecule has 4 rings (SSSR count). The van der Waals surface area contributed by atoms with E-state index < -0.39 is 6.18 Å². The molecule has 0 aromatic heterocycles. The van der Waals surface area contributed by atoms with Crippen LogP contribution in [0.5, 0.6) is 0 Å². The van der Waals surface area contributed by atoms with Gasteiger partial charge in [-0.2, -0.15) is 13.2 Å². The quantitative estimate of drug-likeness (QED) is 0.0773. The predicted octanol–water partition coefficient (Wildman–Crippen LogP) is 16.9. The molecular formula is C49H74ClF4N. The van der Waals surface area contributed by atoms with Crippen molar-refractivity contribution >= 4 is 17.3 Å². The summed E-state index contributed by atoms with van der Waals surface area (Å²) < 4.78 is 46.4. The number of allylic oxidation sites excluding steroid dienone is 4. The van der Waals surface area contributed by atoms with Crippen LogP contribution in [0.15, 0.2) is 78.6 Å². The molecule has 0 bridgehead atoms. The Morgan fingerprint density at radius 2 is 1.64 bits per heavy atom. The third kappa shape index (κ3) is 16.7. The average molecular weight is 789 g/mol. The van der Waals surface area contributed by atoms with Gasteiger partial charge in [-0.1, -0.05) is 122 Å². The van der Waals surface area contributed by atoms with E-state index in [1.165, 1.54) is 62.5 Å². The van der Waals surface area contributed by atoms with Crippen LogP contribution >= 0.6 is 11.6 Å². The molecule has 1 fully saturated rings. The summed E-state index contributed by atoms with van der Waals surface area (Å²) in [5, 5.41) is 4.76. The predicted molar refractivity (Wildman–Crippen MR) is 233 cm³/mol. The maximum absolute atomic E-state index is 15.3. The maximum Gasteiger partial charge on any atom is 0.386 e. The Bertz CT molecular complexity index is 1480. The average Bonchev–Trinajstić information content (AvgIpc) is 3.39. The first-order chi connectivity index (χ1) is 26.1. The van der Waals surface area contributed by atoms with E-state index in [4.69, 9.17) is 11.6 Å². The monoisotopic (exact) mass is 788 g/mol. The molecule has 1 saturated carbocycles. The molecule has 1 N–H and O–H groups in total. The number of rotatable bonds is 16. The number of alkyl halides is 3. The zero-order chi connectivity index (χ0) is 41.7. The Kier molecular flexibility index (Phi) is 23.3. The SMILES string of the molecule is C/C=C\C(CCC(C)CC1Cc2cc(F)c(CCC)cc2C12CCC(CCC)(Nc1cccc(Cl)c1)CC2)=C(/C)CCCCC.C=C=C.CC.CC(F)(F)F. The van der Waals surface area contributed by atoms with Gasteiger partial charge in [0.25, 0.3) is 0 Å². The van der Waals surface area contributed by atoms with Gasteiger partial charge in [-0.05, 0) is 155 Å². The summed E-state index contributed by atoms with van der Waals surface area (Å²) >= 11 is 6.39. The van der Waals surface area contributed by atoms with Crippen LogP contribution in [0.1, 0.15) is 169 Å². The Hall–Kier alpha value is -2.75. The van der Waals surface area contributed by atoms with Crippen LogP contribution in [-0.4, -0.2) is 11.7 Å². The van der Waals surface area contributed by atoms with E-state index in [1.54, 1.807) is 11.1 Å². The Balaban J connectivity index is 0.00000136. The second-order valence-corrected chi connectivity index (χ2v) is 16.2. The highest BCUT2D eigenvalue weighted by atomic mass is 35.5. The summed E-state index contributed by atoms with van der Waals surface area (Å²) in [6.45, 7) is 24.2. The lowest BCUT2D eigenvalue weighted by Gasteiger charge is -2.49. The molecule has 1 nitrogen and oxygen atoms in total. The number of nitrogens with one attached hydrogen (secondary N) is 1. The largest absolute Gasteiger partial charge is 0.386 e. The highest BCUT2D eigenvalue weighted by Crippen LogP contribution is 2.57. The summed E-state index contributed by atoms with van der Waals surface area (Å²) in [6.07, 6.45) is 19.1. The first-order valence-corrected chi connectivity index (χ1v) is 21.5. The molecule has 310 valence electrons. The van der Waals surface area contributed by atoms with Crippen molar-refractivity contribution in [2.24, 2.45) is 11.8 Å². The molecule has 55 heavy (non-hydrogen) atoms. The zero-order valence-corrected chi connectivity index (χ0v) is 36.6. The van der Waals surface area contributed by atoms with Gasteiger partial charge in [0.05, 0.1) is 0 Å². The Morgan fingerprint density at radius 1 is 1.00 bits per heavy atom. The minimum absolute atomic E-state index is 0.0119. The van der Waals surface area contributed by atoms with Crippen LogP contribution in [0.3, 0.4) is 0 Å². The minimum atomic E-state index is -4.00. The van der Waals surface area contributed by atoms with Crippen LogP contribution in [-0.2, 0) is 18.3 Å². The molecule has 0 radical (unpaired) electrons. The smallest absolute Gasteiger partial charge is 0.380 e. The number of hydrogen-bond donors (Lipinski definition) is 1.